The van der Waals surface area contributed by atoms with Crippen LogP contribution >= 0.6 is 11.6 Å². The van der Waals surface area contributed by atoms with Gasteiger partial charge in [-0.1, -0.05) is 41.9 Å². The number of hydrogen-bond donors (Lipinski definition) is 1. The minimum atomic E-state index is -0.511. The number of carbonyl (C=O) groups is 2. The first-order chi connectivity index (χ1) is 14.1. The van der Waals surface area contributed by atoms with Crippen molar-refractivity contribution in [1.29, 1.82) is 0 Å². The SMILES string of the molecule is COC(=O)[C@H](c1ccc(Cl)cc1)N1CCN(C(=O)c2cc3ccccc3[nH]2)CC1. The van der Waals surface area contributed by atoms with Gasteiger partial charge in [0, 0.05) is 42.1 Å². The number of nitrogens with zero attached hydrogens (tertiary/aromatic N) is 2. The van der Waals surface area contributed by atoms with Gasteiger partial charge >= 0.3 is 5.97 Å². The number of ether oxygens (including phenoxy) is 1. The number of rotatable bonds is 4. The quantitative estimate of drug-likeness (QED) is 0.667. The van der Waals surface area contributed by atoms with Crippen molar-refractivity contribution in [3.05, 3.63) is 70.9 Å². The van der Waals surface area contributed by atoms with E-state index in [0.29, 0.717) is 36.9 Å². The molecule has 1 aromatic heterocycles. The number of aromatic nitrogens is 1. The van der Waals surface area contributed by atoms with Crippen molar-refractivity contribution >= 4 is 34.4 Å². The van der Waals surface area contributed by atoms with Crippen LogP contribution in [-0.4, -0.2) is 59.9 Å². The van der Waals surface area contributed by atoms with Gasteiger partial charge in [-0.15, -0.1) is 0 Å². The van der Waals surface area contributed by atoms with Crippen molar-refractivity contribution < 1.29 is 14.3 Å². The van der Waals surface area contributed by atoms with Crippen LogP contribution < -0.4 is 0 Å². The smallest absolute Gasteiger partial charge is 0.327 e. The topological polar surface area (TPSA) is 65.6 Å². The van der Waals surface area contributed by atoms with Crippen LogP contribution in [0.4, 0.5) is 0 Å². The lowest BCUT2D eigenvalue weighted by molar-refractivity contribution is -0.148. The number of nitrogens with one attached hydrogen (secondary N) is 1. The number of para-hydroxylation sites is 1. The lowest BCUT2D eigenvalue weighted by atomic mass is 10.0. The minimum Gasteiger partial charge on any atom is -0.468 e. The monoisotopic (exact) mass is 411 g/mol. The van der Waals surface area contributed by atoms with Gasteiger partial charge in [0.15, 0.2) is 0 Å². The highest BCUT2D eigenvalue weighted by atomic mass is 35.5. The number of fused-ring (bicyclic) bond motifs is 1. The van der Waals surface area contributed by atoms with Crippen molar-refractivity contribution in [2.24, 2.45) is 0 Å². The Kier molecular flexibility index (Phi) is 5.56. The minimum absolute atomic E-state index is 0.0260. The summed E-state index contributed by atoms with van der Waals surface area (Å²) in [6, 6.07) is 16.4. The second-order valence-electron chi connectivity index (χ2n) is 7.08. The molecule has 1 N–H and O–H groups in total. The Balaban J connectivity index is 1.47. The fourth-order valence-corrected chi connectivity index (χ4v) is 3.92. The molecule has 6 nitrogen and oxygen atoms in total. The van der Waals surface area contributed by atoms with E-state index in [1.54, 1.807) is 12.1 Å². The molecule has 0 unspecified atom stereocenters. The van der Waals surface area contributed by atoms with Crippen molar-refractivity contribution in [3.63, 3.8) is 0 Å². The molecule has 1 aliphatic rings. The van der Waals surface area contributed by atoms with E-state index < -0.39 is 6.04 Å². The number of carbonyl (C=O) groups excluding carboxylic acids is 2. The molecule has 150 valence electrons. The molecule has 29 heavy (non-hydrogen) atoms. The second-order valence-corrected chi connectivity index (χ2v) is 7.51. The number of methoxy groups -OCH3 is 1. The maximum absolute atomic E-state index is 12.9. The van der Waals surface area contributed by atoms with E-state index in [-0.39, 0.29) is 11.9 Å². The number of esters is 1. The van der Waals surface area contributed by atoms with Crippen LogP contribution in [0, 0.1) is 0 Å². The zero-order chi connectivity index (χ0) is 20.4. The molecule has 0 aliphatic carbocycles. The molecule has 2 aromatic carbocycles. The van der Waals surface area contributed by atoms with Crippen molar-refractivity contribution in [3.8, 4) is 0 Å². The molecule has 1 saturated heterocycles. The molecular formula is C22H22ClN3O3. The zero-order valence-electron chi connectivity index (χ0n) is 16.1. The van der Waals surface area contributed by atoms with E-state index in [1.165, 1.54) is 7.11 Å². The molecule has 1 atom stereocenters. The number of benzene rings is 2. The van der Waals surface area contributed by atoms with E-state index in [2.05, 4.69) is 4.98 Å². The first-order valence-corrected chi connectivity index (χ1v) is 9.89. The van der Waals surface area contributed by atoms with E-state index in [0.717, 1.165) is 16.5 Å². The number of aromatic amines is 1. The summed E-state index contributed by atoms with van der Waals surface area (Å²) in [5.74, 6) is -0.343. The number of H-pyrrole nitrogens is 1. The van der Waals surface area contributed by atoms with Crippen molar-refractivity contribution in [2.75, 3.05) is 33.3 Å². The van der Waals surface area contributed by atoms with Crippen molar-refractivity contribution in [2.45, 2.75) is 6.04 Å². The predicted molar refractivity (Wildman–Crippen MR) is 112 cm³/mol. The summed E-state index contributed by atoms with van der Waals surface area (Å²) in [7, 11) is 1.39. The summed E-state index contributed by atoms with van der Waals surface area (Å²) in [6.45, 7) is 2.23. The third-order valence-electron chi connectivity index (χ3n) is 5.34. The maximum Gasteiger partial charge on any atom is 0.327 e. The Morgan fingerprint density at radius 1 is 1.03 bits per heavy atom. The lowest BCUT2D eigenvalue weighted by Gasteiger charge is -2.38. The lowest BCUT2D eigenvalue weighted by Crippen LogP contribution is -2.51. The third-order valence-corrected chi connectivity index (χ3v) is 5.59. The van der Waals surface area contributed by atoms with Gasteiger partial charge in [0.25, 0.3) is 5.91 Å². The van der Waals surface area contributed by atoms with Gasteiger partial charge in [0.05, 0.1) is 7.11 Å². The van der Waals surface area contributed by atoms with Crippen LogP contribution in [0.3, 0.4) is 0 Å². The number of hydrogen-bond acceptors (Lipinski definition) is 4. The van der Waals surface area contributed by atoms with E-state index >= 15 is 0 Å². The van der Waals surface area contributed by atoms with Gasteiger partial charge in [-0.25, -0.2) is 4.79 Å². The molecule has 0 spiro atoms. The van der Waals surface area contributed by atoms with Crippen LogP contribution in [0.25, 0.3) is 10.9 Å². The molecule has 0 radical (unpaired) electrons. The first-order valence-electron chi connectivity index (χ1n) is 9.51. The zero-order valence-corrected chi connectivity index (χ0v) is 16.9. The molecule has 4 rings (SSSR count). The average Bonchev–Trinajstić information content (AvgIpc) is 3.19. The van der Waals surface area contributed by atoms with Crippen LogP contribution in [0.1, 0.15) is 22.1 Å². The first kappa shape index (κ1) is 19.5. The van der Waals surface area contributed by atoms with Crippen molar-refractivity contribution in [1.82, 2.24) is 14.8 Å². The Morgan fingerprint density at radius 3 is 2.38 bits per heavy atom. The van der Waals surface area contributed by atoms with Gasteiger partial charge in [-0.2, -0.15) is 0 Å². The highest BCUT2D eigenvalue weighted by Crippen LogP contribution is 2.26. The van der Waals surface area contributed by atoms with Gasteiger partial charge in [0.1, 0.15) is 11.7 Å². The number of amides is 1. The molecule has 1 amide bonds. The molecule has 0 bridgehead atoms. The average molecular weight is 412 g/mol. The van der Waals surface area contributed by atoms with Gasteiger partial charge in [-0.05, 0) is 29.8 Å². The van der Waals surface area contributed by atoms with E-state index in [1.807, 2.05) is 52.3 Å². The summed E-state index contributed by atoms with van der Waals surface area (Å²) in [6.07, 6.45) is 0. The summed E-state index contributed by atoms with van der Waals surface area (Å²) in [5, 5.41) is 1.63. The number of halogens is 1. The molecule has 3 aromatic rings. The second kappa shape index (κ2) is 8.27. The molecule has 1 fully saturated rings. The Hall–Kier alpha value is -2.83. The molecule has 2 heterocycles. The van der Waals surface area contributed by atoms with Crippen LogP contribution in [0.5, 0.6) is 0 Å². The predicted octanol–water partition coefficient (Wildman–Crippen LogP) is 3.49. The van der Waals surface area contributed by atoms with E-state index in [9.17, 15) is 9.59 Å². The normalized spacial score (nSPS) is 16.0. The summed E-state index contributed by atoms with van der Waals surface area (Å²) in [4.78, 5) is 32.4. The number of piperazine rings is 1. The Morgan fingerprint density at radius 2 is 1.72 bits per heavy atom. The third kappa shape index (κ3) is 3.99. The summed E-state index contributed by atoms with van der Waals surface area (Å²) < 4.78 is 5.03. The Labute approximate surface area is 174 Å². The van der Waals surface area contributed by atoms with Gasteiger partial charge < -0.3 is 14.6 Å². The Bertz CT molecular complexity index is 990. The van der Waals surface area contributed by atoms with E-state index in [4.69, 9.17) is 16.3 Å². The standard InChI is InChI=1S/C22H22ClN3O3/c1-29-22(28)20(15-6-8-17(23)9-7-15)25-10-12-26(13-11-25)21(27)19-14-16-4-2-3-5-18(16)24-19/h2-9,14,20,24H,10-13H2,1H3/t20-/m0/s1. The largest absolute Gasteiger partial charge is 0.468 e. The molecule has 0 saturated carbocycles. The van der Waals surface area contributed by atoms with Crippen LogP contribution in [-0.2, 0) is 9.53 Å². The molecule has 1 aliphatic heterocycles. The fraction of sp³-hybridized carbons (Fsp3) is 0.273. The maximum atomic E-state index is 12.9. The fourth-order valence-electron chi connectivity index (χ4n) is 3.79. The van der Waals surface area contributed by atoms with Gasteiger partial charge in [0.2, 0.25) is 0 Å². The highest BCUT2D eigenvalue weighted by molar-refractivity contribution is 6.30. The molecular weight excluding hydrogens is 390 g/mol. The van der Waals surface area contributed by atoms with Gasteiger partial charge in [-0.3, -0.25) is 9.69 Å². The summed E-state index contributed by atoms with van der Waals surface area (Å²) >= 11 is 5.98. The van der Waals surface area contributed by atoms with Crippen LogP contribution in [0.15, 0.2) is 54.6 Å². The summed E-state index contributed by atoms with van der Waals surface area (Å²) in [5.41, 5.74) is 2.36. The molecule has 7 heteroatoms. The highest BCUT2D eigenvalue weighted by Gasteiger charge is 2.32. The van der Waals surface area contributed by atoms with Crippen LogP contribution in [0.2, 0.25) is 5.02 Å².